The smallest absolute Gasteiger partial charge is 0.373 e. The SMILES string of the molecule is CON(C)CC(=O)N1CCC(NCc2ccc3c(c2)cc(C#CCNc2ccc(C(C)(C)C#N)nc2)n3CC(F)(F)F)CC1. The Balaban J connectivity index is 1.39. The number of fused-ring (bicyclic) bond motifs is 1. The molecule has 0 atom stereocenters. The van der Waals surface area contributed by atoms with Crippen LogP contribution in [-0.4, -0.2) is 78.0 Å². The number of likely N-dealkylation sites (N-methyl/N-ethyl adjacent to an activating group) is 1. The van der Waals surface area contributed by atoms with Crippen LogP contribution in [0.2, 0.25) is 0 Å². The van der Waals surface area contributed by atoms with E-state index in [9.17, 15) is 23.2 Å². The van der Waals surface area contributed by atoms with Gasteiger partial charge in [-0.05, 0) is 68.5 Å². The van der Waals surface area contributed by atoms with Crippen LogP contribution >= 0.6 is 0 Å². The van der Waals surface area contributed by atoms with E-state index in [2.05, 4.69) is 33.5 Å². The summed E-state index contributed by atoms with van der Waals surface area (Å²) in [5.41, 5.74) is 2.34. The van der Waals surface area contributed by atoms with Crippen molar-refractivity contribution in [2.24, 2.45) is 0 Å². The molecule has 9 nitrogen and oxygen atoms in total. The first-order chi connectivity index (χ1) is 20.9. The molecule has 0 aliphatic carbocycles. The van der Waals surface area contributed by atoms with Gasteiger partial charge in [-0.25, -0.2) is 0 Å². The highest BCUT2D eigenvalue weighted by Crippen LogP contribution is 2.27. The van der Waals surface area contributed by atoms with Gasteiger partial charge < -0.3 is 24.9 Å². The second kappa shape index (κ2) is 14.1. The Kier molecular flexibility index (Phi) is 10.5. The summed E-state index contributed by atoms with van der Waals surface area (Å²) in [6.45, 7) is 4.73. The van der Waals surface area contributed by atoms with E-state index in [1.807, 2.05) is 17.0 Å². The molecule has 0 spiro atoms. The van der Waals surface area contributed by atoms with Crippen LogP contribution in [-0.2, 0) is 28.1 Å². The topological polar surface area (TPSA) is 98.4 Å². The number of carbonyl (C=O) groups excluding carboxylic acids is 1. The minimum atomic E-state index is -4.40. The zero-order valence-corrected chi connectivity index (χ0v) is 25.5. The number of alkyl halides is 3. The van der Waals surface area contributed by atoms with Crippen LogP contribution in [0.4, 0.5) is 18.9 Å². The predicted molar refractivity (Wildman–Crippen MR) is 162 cm³/mol. The van der Waals surface area contributed by atoms with E-state index in [4.69, 9.17) is 4.84 Å². The van der Waals surface area contributed by atoms with Crippen LogP contribution in [0.15, 0.2) is 42.6 Å². The van der Waals surface area contributed by atoms with E-state index < -0.39 is 18.1 Å². The van der Waals surface area contributed by atoms with Crippen molar-refractivity contribution in [3.05, 3.63) is 59.5 Å². The second-order valence-electron chi connectivity index (χ2n) is 11.5. The molecular formula is C32H38F3N7O2. The van der Waals surface area contributed by atoms with Gasteiger partial charge in [0, 0.05) is 43.6 Å². The number of carbonyl (C=O) groups is 1. The zero-order chi connectivity index (χ0) is 31.9. The average molecular weight is 610 g/mol. The van der Waals surface area contributed by atoms with Crippen LogP contribution in [0.25, 0.3) is 10.9 Å². The van der Waals surface area contributed by atoms with Gasteiger partial charge in [-0.15, -0.1) is 0 Å². The monoisotopic (exact) mass is 609 g/mol. The molecule has 3 aromatic rings. The highest BCUT2D eigenvalue weighted by Gasteiger charge is 2.30. The molecule has 0 unspecified atom stereocenters. The summed E-state index contributed by atoms with van der Waals surface area (Å²) >= 11 is 0. The molecule has 44 heavy (non-hydrogen) atoms. The largest absolute Gasteiger partial charge is 0.406 e. The number of hydrogen-bond acceptors (Lipinski definition) is 7. The van der Waals surface area contributed by atoms with Crippen molar-refractivity contribution in [3.63, 3.8) is 0 Å². The van der Waals surface area contributed by atoms with Gasteiger partial charge >= 0.3 is 6.18 Å². The molecule has 0 saturated carbocycles. The van der Waals surface area contributed by atoms with Crippen LogP contribution in [0, 0.1) is 23.2 Å². The normalized spacial score (nSPS) is 14.4. The first kappa shape index (κ1) is 32.8. The van der Waals surface area contributed by atoms with Crippen molar-refractivity contribution in [3.8, 4) is 17.9 Å². The Morgan fingerprint density at radius 1 is 1.18 bits per heavy atom. The molecule has 1 fully saturated rings. The van der Waals surface area contributed by atoms with Crippen LogP contribution in [0.3, 0.4) is 0 Å². The average Bonchev–Trinajstić information content (AvgIpc) is 3.33. The van der Waals surface area contributed by atoms with Crippen molar-refractivity contribution < 1.29 is 22.8 Å². The molecule has 1 saturated heterocycles. The number of anilines is 1. The lowest BCUT2D eigenvalue weighted by molar-refractivity contribution is -0.151. The molecule has 2 aromatic heterocycles. The minimum absolute atomic E-state index is 0.0307. The number of benzene rings is 1. The van der Waals surface area contributed by atoms with Crippen LogP contribution < -0.4 is 10.6 Å². The van der Waals surface area contributed by atoms with Gasteiger partial charge in [-0.3, -0.25) is 9.78 Å². The Morgan fingerprint density at radius 2 is 1.93 bits per heavy atom. The number of likely N-dealkylation sites (tertiary alicyclic amines) is 1. The van der Waals surface area contributed by atoms with E-state index in [-0.39, 0.29) is 30.7 Å². The molecule has 1 aliphatic rings. The van der Waals surface area contributed by atoms with E-state index >= 15 is 0 Å². The first-order valence-electron chi connectivity index (χ1n) is 14.4. The molecule has 2 N–H and O–H groups in total. The second-order valence-corrected chi connectivity index (χ2v) is 11.5. The zero-order valence-electron chi connectivity index (χ0n) is 25.5. The number of hydrogen-bond donors (Lipinski definition) is 2. The standard InChI is InChI=1S/C32H38F3N7O2/c1-31(2,21-36)29-10-8-26(19-39-29)37-13-5-6-27-17-24-16-23(7-9-28(24)42(27)22-32(33,34)35)18-38-25-11-14-41(15-12-25)30(43)20-40(3)44-4/h7-10,16-17,19,25,37-38H,11-15,18,20,22H2,1-4H3. The number of nitrogens with one attached hydrogen (secondary N) is 2. The summed E-state index contributed by atoms with van der Waals surface area (Å²) < 4.78 is 41.7. The summed E-state index contributed by atoms with van der Waals surface area (Å²) in [6.07, 6.45) is -1.16. The number of aromatic nitrogens is 2. The van der Waals surface area contributed by atoms with E-state index in [0.717, 1.165) is 18.4 Å². The summed E-state index contributed by atoms with van der Waals surface area (Å²) in [5.74, 6) is 5.85. The summed E-state index contributed by atoms with van der Waals surface area (Å²) in [5, 5.41) is 18.1. The van der Waals surface area contributed by atoms with E-state index in [0.29, 0.717) is 41.9 Å². The van der Waals surface area contributed by atoms with Crippen molar-refractivity contribution >= 4 is 22.5 Å². The lowest BCUT2D eigenvalue weighted by atomic mass is 9.91. The van der Waals surface area contributed by atoms with Gasteiger partial charge in [0.05, 0.1) is 48.4 Å². The molecule has 12 heteroatoms. The van der Waals surface area contributed by atoms with Gasteiger partial charge in [0.25, 0.3) is 0 Å². The number of amides is 1. The molecule has 234 valence electrons. The molecule has 1 aromatic carbocycles. The maximum atomic E-state index is 13.5. The third-order valence-corrected chi connectivity index (χ3v) is 7.70. The molecular weight excluding hydrogens is 571 g/mol. The molecule has 4 rings (SSSR count). The summed E-state index contributed by atoms with van der Waals surface area (Å²) in [7, 11) is 3.24. The maximum Gasteiger partial charge on any atom is 0.406 e. The highest BCUT2D eigenvalue weighted by atomic mass is 19.4. The van der Waals surface area contributed by atoms with Crippen LogP contribution in [0.1, 0.15) is 43.6 Å². The number of pyridine rings is 1. The number of piperidine rings is 1. The third-order valence-electron chi connectivity index (χ3n) is 7.70. The lowest BCUT2D eigenvalue weighted by Gasteiger charge is -2.33. The van der Waals surface area contributed by atoms with Gasteiger partial charge in [0.1, 0.15) is 13.1 Å². The maximum absolute atomic E-state index is 13.5. The Hall–Kier alpha value is -4.10. The number of rotatable bonds is 10. The summed E-state index contributed by atoms with van der Waals surface area (Å²) in [4.78, 5) is 23.6. The van der Waals surface area contributed by atoms with E-state index in [1.54, 1.807) is 51.4 Å². The molecule has 3 heterocycles. The Labute approximate surface area is 255 Å². The Bertz CT molecular complexity index is 1540. The van der Waals surface area contributed by atoms with Crippen LogP contribution in [0.5, 0.6) is 0 Å². The summed E-state index contributed by atoms with van der Waals surface area (Å²) in [6, 6.07) is 13.1. The van der Waals surface area contributed by atoms with Gasteiger partial charge in [0.2, 0.25) is 5.91 Å². The molecule has 1 aliphatic heterocycles. The fourth-order valence-corrected chi connectivity index (χ4v) is 5.04. The van der Waals surface area contributed by atoms with Crippen molar-refractivity contribution in [2.75, 3.05) is 45.7 Å². The fourth-order valence-electron chi connectivity index (χ4n) is 5.04. The van der Waals surface area contributed by atoms with Crippen molar-refractivity contribution in [2.45, 2.75) is 57.4 Å². The minimum Gasteiger partial charge on any atom is -0.373 e. The fraction of sp³-hybridized carbons (Fsp3) is 0.469. The van der Waals surface area contributed by atoms with Gasteiger partial charge in [-0.1, -0.05) is 12.0 Å². The number of nitrogens with zero attached hydrogens (tertiary/aromatic N) is 5. The third kappa shape index (κ3) is 8.73. The number of hydroxylamine groups is 2. The number of nitriles is 1. The van der Waals surface area contributed by atoms with Crippen molar-refractivity contribution in [1.82, 2.24) is 24.8 Å². The molecule has 0 radical (unpaired) electrons. The Morgan fingerprint density at radius 3 is 2.57 bits per heavy atom. The van der Waals surface area contributed by atoms with Crippen molar-refractivity contribution in [1.29, 1.82) is 5.26 Å². The molecule has 0 bridgehead atoms. The van der Waals surface area contributed by atoms with Gasteiger partial charge in [0.15, 0.2) is 0 Å². The molecule has 1 amide bonds. The quantitative estimate of drug-likeness (QED) is 0.259. The van der Waals surface area contributed by atoms with E-state index in [1.165, 1.54) is 16.7 Å². The number of halogens is 3. The first-order valence-corrected chi connectivity index (χ1v) is 14.4. The lowest BCUT2D eigenvalue weighted by Crippen LogP contribution is -2.47. The highest BCUT2D eigenvalue weighted by molar-refractivity contribution is 5.83. The van der Waals surface area contributed by atoms with Gasteiger partial charge in [-0.2, -0.15) is 23.5 Å². The predicted octanol–water partition coefficient (Wildman–Crippen LogP) is 4.44.